The summed E-state index contributed by atoms with van der Waals surface area (Å²) < 4.78 is 1.99. The van der Waals surface area contributed by atoms with Gasteiger partial charge < -0.3 is 0 Å². The van der Waals surface area contributed by atoms with Crippen LogP contribution in [-0.2, 0) is 11.2 Å². The molecule has 3 unspecified atom stereocenters. The van der Waals surface area contributed by atoms with Gasteiger partial charge in [-0.1, -0.05) is 13.8 Å². The Morgan fingerprint density at radius 1 is 1.47 bits per heavy atom. The van der Waals surface area contributed by atoms with E-state index >= 15 is 0 Å². The predicted octanol–water partition coefficient (Wildman–Crippen LogP) is 3.13. The second-order valence-corrected chi connectivity index (χ2v) is 8.70. The first-order valence-electron chi connectivity index (χ1n) is 6.34. The van der Waals surface area contributed by atoms with E-state index in [1.807, 2.05) is 45.7 Å². The molecule has 0 bridgehead atoms. The molecule has 1 fully saturated rings. The summed E-state index contributed by atoms with van der Waals surface area (Å²) in [6, 6.07) is 0. The van der Waals surface area contributed by atoms with Crippen molar-refractivity contribution in [1.82, 2.24) is 9.38 Å². The number of imidazole rings is 1. The van der Waals surface area contributed by atoms with E-state index in [1.165, 1.54) is 0 Å². The average molecular weight is 312 g/mol. The van der Waals surface area contributed by atoms with E-state index in [-0.39, 0.29) is 5.25 Å². The second-order valence-electron chi connectivity index (χ2n) is 4.84. The van der Waals surface area contributed by atoms with E-state index in [9.17, 15) is 4.79 Å². The number of carbonyl (C=O) groups is 1. The molecule has 0 aliphatic carbocycles. The van der Waals surface area contributed by atoms with Crippen molar-refractivity contribution in [3.8, 4) is 0 Å². The highest BCUT2D eigenvalue weighted by Crippen LogP contribution is 2.36. The Balaban J connectivity index is 1.66. The van der Waals surface area contributed by atoms with Gasteiger partial charge in [0.25, 0.3) is 0 Å². The number of carbonyl (C=O) groups excluding carboxylic acids is 1. The van der Waals surface area contributed by atoms with Gasteiger partial charge >= 0.3 is 0 Å². The zero-order valence-corrected chi connectivity index (χ0v) is 13.4. The number of ketones is 1. The topological polar surface area (TPSA) is 34.4 Å². The summed E-state index contributed by atoms with van der Waals surface area (Å²) in [6.07, 6.45) is 4.42. The summed E-state index contributed by atoms with van der Waals surface area (Å²) in [5.74, 6) is 1.26. The molecule has 1 saturated heterocycles. The van der Waals surface area contributed by atoms with Crippen molar-refractivity contribution < 1.29 is 4.79 Å². The summed E-state index contributed by atoms with van der Waals surface area (Å²) in [5.41, 5.74) is 0.897. The van der Waals surface area contributed by atoms with Crippen LogP contribution in [0.5, 0.6) is 0 Å². The van der Waals surface area contributed by atoms with Crippen molar-refractivity contribution in [2.75, 3.05) is 5.75 Å². The summed E-state index contributed by atoms with van der Waals surface area (Å²) in [4.78, 5) is 17.8. The lowest BCUT2D eigenvalue weighted by Gasteiger charge is -2.30. The van der Waals surface area contributed by atoms with Crippen molar-refractivity contribution in [3.05, 3.63) is 23.5 Å². The number of aromatic nitrogens is 2. The first-order valence-corrected chi connectivity index (χ1v) is 9.21. The average Bonchev–Trinajstić information content (AvgIpc) is 2.93. The smallest absolute Gasteiger partial charge is 0.193 e. The Morgan fingerprint density at radius 3 is 3.05 bits per heavy atom. The zero-order chi connectivity index (χ0) is 13.4. The van der Waals surface area contributed by atoms with Crippen LogP contribution in [0.25, 0.3) is 4.96 Å². The van der Waals surface area contributed by atoms with Crippen LogP contribution in [0, 0.1) is 0 Å². The zero-order valence-electron chi connectivity index (χ0n) is 10.9. The molecular weight excluding hydrogens is 296 g/mol. The third-order valence-electron chi connectivity index (χ3n) is 3.41. The van der Waals surface area contributed by atoms with Gasteiger partial charge in [0.05, 0.1) is 17.4 Å². The fourth-order valence-corrected chi connectivity index (χ4v) is 5.71. The van der Waals surface area contributed by atoms with Gasteiger partial charge in [0.1, 0.15) is 0 Å². The highest BCUT2D eigenvalue weighted by molar-refractivity contribution is 8.08. The van der Waals surface area contributed by atoms with Gasteiger partial charge in [-0.25, -0.2) is 4.98 Å². The number of Topliss-reactive ketones (excluding diaryl/α,β-unsaturated/α-hetero) is 1. The number of nitrogens with zero attached hydrogens (tertiary/aromatic N) is 2. The van der Waals surface area contributed by atoms with Crippen molar-refractivity contribution >= 4 is 45.6 Å². The molecule has 0 spiro atoms. The predicted molar refractivity (Wildman–Crippen MR) is 84.5 cm³/mol. The molecule has 0 amide bonds. The van der Waals surface area contributed by atoms with E-state index in [4.69, 9.17) is 0 Å². The number of hydrogen-bond acceptors (Lipinski definition) is 5. The molecule has 3 rings (SSSR count). The SMILES string of the molecule is CC1SCC(C(=O)Cc2cn3ccsc3n2)SC1C. The molecule has 102 valence electrons. The van der Waals surface area contributed by atoms with Crippen molar-refractivity contribution in [2.24, 2.45) is 0 Å². The van der Waals surface area contributed by atoms with Crippen molar-refractivity contribution in [3.63, 3.8) is 0 Å². The molecule has 6 heteroatoms. The van der Waals surface area contributed by atoms with Crippen molar-refractivity contribution in [2.45, 2.75) is 36.0 Å². The summed E-state index contributed by atoms with van der Waals surface area (Å²) in [6.45, 7) is 4.46. The Labute approximate surface area is 125 Å². The number of thiazole rings is 1. The molecular formula is C13H16N2OS3. The van der Waals surface area contributed by atoms with Crippen LogP contribution in [0.15, 0.2) is 17.8 Å². The monoisotopic (exact) mass is 312 g/mol. The van der Waals surface area contributed by atoms with Gasteiger partial charge in [-0.3, -0.25) is 9.20 Å². The Bertz CT molecular complexity index is 563. The molecule has 3 heterocycles. The molecule has 1 aliphatic rings. The first-order chi connectivity index (χ1) is 9.13. The molecule has 0 saturated carbocycles. The van der Waals surface area contributed by atoms with Crippen LogP contribution < -0.4 is 0 Å². The summed E-state index contributed by atoms with van der Waals surface area (Å²) in [7, 11) is 0. The molecule has 0 radical (unpaired) electrons. The molecule has 3 atom stereocenters. The van der Waals surface area contributed by atoms with Crippen LogP contribution in [0.3, 0.4) is 0 Å². The largest absolute Gasteiger partial charge is 0.298 e. The van der Waals surface area contributed by atoms with E-state index in [2.05, 4.69) is 18.8 Å². The third-order valence-corrected chi connectivity index (χ3v) is 7.62. The Hall–Kier alpha value is -0.460. The van der Waals surface area contributed by atoms with E-state index in [1.54, 1.807) is 11.3 Å². The maximum absolute atomic E-state index is 12.3. The minimum absolute atomic E-state index is 0.135. The van der Waals surface area contributed by atoms with Gasteiger partial charge in [0, 0.05) is 34.0 Å². The molecule has 0 N–H and O–H groups in total. The quantitative estimate of drug-likeness (QED) is 0.872. The first kappa shape index (κ1) is 13.5. The van der Waals surface area contributed by atoms with Crippen LogP contribution in [-0.4, -0.2) is 36.7 Å². The van der Waals surface area contributed by atoms with E-state index in [0.717, 1.165) is 16.4 Å². The number of thioether (sulfide) groups is 2. The minimum atomic E-state index is 0.135. The normalized spacial score (nSPS) is 27.8. The maximum Gasteiger partial charge on any atom is 0.193 e. The maximum atomic E-state index is 12.3. The lowest BCUT2D eigenvalue weighted by atomic mass is 10.2. The van der Waals surface area contributed by atoms with E-state index < -0.39 is 0 Å². The van der Waals surface area contributed by atoms with Gasteiger partial charge in [-0.15, -0.1) is 23.1 Å². The Kier molecular flexibility index (Phi) is 3.91. The molecule has 2 aromatic rings. The molecule has 19 heavy (non-hydrogen) atoms. The molecule has 2 aromatic heterocycles. The fraction of sp³-hybridized carbons (Fsp3) is 0.538. The second kappa shape index (κ2) is 5.50. The van der Waals surface area contributed by atoms with E-state index in [0.29, 0.717) is 22.7 Å². The standard InChI is InChI=1S/C13H16N2OS3/c1-8-9(2)19-12(7-18-8)11(16)5-10-6-15-3-4-17-13(15)14-10/h3-4,6,8-9,12H,5,7H2,1-2H3. The number of fused-ring (bicyclic) bond motifs is 1. The summed E-state index contributed by atoms with van der Waals surface area (Å²) >= 11 is 5.35. The van der Waals surface area contributed by atoms with Gasteiger partial charge in [0.15, 0.2) is 10.7 Å². The van der Waals surface area contributed by atoms with Gasteiger partial charge in [0.2, 0.25) is 0 Å². The minimum Gasteiger partial charge on any atom is -0.298 e. The number of hydrogen-bond donors (Lipinski definition) is 0. The lowest BCUT2D eigenvalue weighted by Crippen LogP contribution is -2.32. The highest BCUT2D eigenvalue weighted by atomic mass is 32.2. The van der Waals surface area contributed by atoms with Crippen molar-refractivity contribution in [1.29, 1.82) is 0 Å². The van der Waals surface area contributed by atoms with Gasteiger partial charge in [-0.2, -0.15) is 11.8 Å². The fourth-order valence-electron chi connectivity index (χ4n) is 2.11. The van der Waals surface area contributed by atoms with Crippen LogP contribution in [0.1, 0.15) is 19.5 Å². The third kappa shape index (κ3) is 2.85. The lowest BCUT2D eigenvalue weighted by molar-refractivity contribution is -0.117. The van der Waals surface area contributed by atoms with Crippen LogP contribution in [0.2, 0.25) is 0 Å². The molecule has 0 aromatic carbocycles. The summed E-state index contributed by atoms with van der Waals surface area (Å²) in [5, 5.41) is 3.34. The molecule has 1 aliphatic heterocycles. The van der Waals surface area contributed by atoms with Gasteiger partial charge in [-0.05, 0) is 0 Å². The van der Waals surface area contributed by atoms with Crippen LogP contribution in [0.4, 0.5) is 0 Å². The Morgan fingerprint density at radius 2 is 2.32 bits per heavy atom. The highest BCUT2D eigenvalue weighted by Gasteiger charge is 2.30. The number of rotatable bonds is 3. The molecule has 3 nitrogen and oxygen atoms in total. The van der Waals surface area contributed by atoms with Crippen LogP contribution >= 0.6 is 34.9 Å².